The van der Waals surface area contributed by atoms with Gasteiger partial charge in [-0.2, -0.15) is 0 Å². The van der Waals surface area contributed by atoms with Gasteiger partial charge in [0.1, 0.15) is 18.1 Å². The minimum atomic E-state index is -1.10. The van der Waals surface area contributed by atoms with E-state index in [-0.39, 0.29) is 12.4 Å². The number of aliphatic carboxylic acids is 1. The van der Waals surface area contributed by atoms with E-state index in [1.807, 2.05) is 0 Å². The molecule has 0 spiro atoms. The van der Waals surface area contributed by atoms with Gasteiger partial charge in [0.25, 0.3) is 5.91 Å². The molecule has 1 aromatic rings. The smallest absolute Gasteiger partial charge is 0.323 e. The lowest BCUT2D eigenvalue weighted by molar-refractivity contribution is -0.149. The number of amides is 1. The number of nitrogens with zero attached hydrogens (tertiary/aromatic N) is 1. The lowest BCUT2D eigenvalue weighted by Gasteiger charge is -2.34. The van der Waals surface area contributed by atoms with Gasteiger partial charge in [-0.25, -0.2) is 4.39 Å². The molecular weight excluding hydrogens is 265 g/mol. The van der Waals surface area contributed by atoms with E-state index >= 15 is 0 Å². The standard InChI is InChI=1S/C14H18FNO4/c1-14(2,3)16(8-13(18)19)12(17)9-20-11-6-4-5-10(15)7-11/h4-7H,8-9H2,1-3H3,(H,18,19). The number of rotatable bonds is 5. The van der Waals surface area contributed by atoms with Crippen molar-refractivity contribution in [2.75, 3.05) is 13.2 Å². The highest BCUT2D eigenvalue weighted by Crippen LogP contribution is 2.15. The molecule has 0 saturated heterocycles. The van der Waals surface area contributed by atoms with Crippen LogP contribution in [0.5, 0.6) is 5.75 Å². The van der Waals surface area contributed by atoms with Crippen molar-refractivity contribution in [3.05, 3.63) is 30.1 Å². The number of carbonyl (C=O) groups excluding carboxylic acids is 1. The third-order valence-electron chi connectivity index (χ3n) is 2.56. The van der Waals surface area contributed by atoms with Gasteiger partial charge in [-0.05, 0) is 32.9 Å². The summed E-state index contributed by atoms with van der Waals surface area (Å²) >= 11 is 0. The van der Waals surface area contributed by atoms with Crippen LogP contribution in [0.2, 0.25) is 0 Å². The second kappa shape index (κ2) is 6.36. The summed E-state index contributed by atoms with van der Waals surface area (Å²) in [5.41, 5.74) is -0.638. The van der Waals surface area contributed by atoms with E-state index in [0.29, 0.717) is 0 Å². The molecule has 5 nitrogen and oxygen atoms in total. The summed E-state index contributed by atoms with van der Waals surface area (Å²) in [5.74, 6) is -1.81. The summed E-state index contributed by atoms with van der Waals surface area (Å²) in [4.78, 5) is 24.0. The SMILES string of the molecule is CC(C)(C)N(CC(=O)O)C(=O)COc1cccc(F)c1. The molecule has 1 rings (SSSR count). The molecule has 20 heavy (non-hydrogen) atoms. The molecule has 110 valence electrons. The van der Waals surface area contributed by atoms with E-state index in [2.05, 4.69) is 0 Å². The second-order valence-electron chi connectivity index (χ2n) is 5.29. The van der Waals surface area contributed by atoms with Crippen molar-refractivity contribution in [3.63, 3.8) is 0 Å². The molecule has 0 fully saturated rings. The summed E-state index contributed by atoms with van der Waals surface area (Å²) in [7, 11) is 0. The van der Waals surface area contributed by atoms with E-state index in [1.165, 1.54) is 23.1 Å². The summed E-state index contributed by atoms with van der Waals surface area (Å²) in [6.07, 6.45) is 0. The fourth-order valence-corrected chi connectivity index (χ4v) is 1.61. The van der Waals surface area contributed by atoms with Crippen molar-refractivity contribution in [1.29, 1.82) is 0 Å². The van der Waals surface area contributed by atoms with Crippen molar-refractivity contribution in [3.8, 4) is 5.75 Å². The van der Waals surface area contributed by atoms with Crippen LogP contribution in [0.3, 0.4) is 0 Å². The maximum atomic E-state index is 13.0. The Labute approximate surface area is 117 Å². The average molecular weight is 283 g/mol. The minimum Gasteiger partial charge on any atom is -0.484 e. The molecule has 0 saturated carbocycles. The monoisotopic (exact) mass is 283 g/mol. The van der Waals surface area contributed by atoms with Crippen molar-refractivity contribution < 1.29 is 23.8 Å². The molecule has 0 heterocycles. The predicted molar refractivity (Wildman–Crippen MR) is 71.0 cm³/mol. The molecule has 0 aliphatic heterocycles. The number of carbonyl (C=O) groups is 2. The predicted octanol–water partition coefficient (Wildman–Crippen LogP) is 1.92. The van der Waals surface area contributed by atoms with Gasteiger partial charge in [-0.1, -0.05) is 6.07 Å². The Morgan fingerprint density at radius 2 is 2.00 bits per heavy atom. The number of carboxylic acid groups (broad SMARTS) is 1. The Bertz CT molecular complexity index is 496. The summed E-state index contributed by atoms with van der Waals surface area (Å²) in [5, 5.41) is 8.83. The van der Waals surface area contributed by atoms with Crippen molar-refractivity contribution >= 4 is 11.9 Å². The molecule has 0 bridgehead atoms. The van der Waals surface area contributed by atoms with Crippen molar-refractivity contribution in [2.24, 2.45) is 0 Å². The van der Waals surface area contributed by atoms with E-state index in [9.17, 15) is 14.0 Å². The first-order valence-electron chi connectivity index (χ1n) is 6.11. The fraction of sp³-hybridized carbons (Fsp3) is 0.429. The van der Waals surface area contributed by atoms with Crippen LogP contribution < -0.4 is 4.74 Å². The number of benzene rings is 1. The molecule has 0 radical (unpaired) electrons. The molecule has 0 aliphatic rings. The van der Waals surface area contributed by atoms with Crippen LogP contribution in [-0.2, 0) is 9.59 Å². The molecule has 0 aliphatic carbocycles. The Morgan fingerprint density at radius 1 is 1.35 bits per heavy atom. The molecule has 6 heteroatoms. The van der Waals surface area contributed by atoms with Gasteiger partial charge in [0.2, 0.25) is 0 Å². The molecule has 0 unspecified atom stereocenters. The zero-order chi connectivity index (χ0) is 15.3. The highest BCUT2D eigenvalue weighted by molar-refractivity contribution is 5.83. The van der Waals surface area contributed by atoms with E-state index in [1.54, 1.807) is 20.8 Å². The average Bonchev–Trinajstić information content (AvgIpc) is 2.31. The molecule has 1 N–H and O–H groups in total. The van der Waals surface area contributed by atoms with Crippen molar-refractivity contribution in [2.45, 2.75) is 26.3 Å². The largest absolute Gasteiger partial charge is 0.484 e. The zero-order valence-corrected chi connectivity index (χ0v) is 11.7. The van der Waals surface area contributed by atoms with Crippen LogP contribution in [-0.4, -0.2) is 40.6 Å². The molecule has 0 aromatic heterocycles. The van der Waals surface area contributed by atoms with Crippen LogP contribution in [0.1, 0.15) is 20.8 Å². The normalized spacial score (nSPS) is 11.0. The highest BCUT2D eigenvalue weighted by atomic mass is 19.1. The molecule has 0 atom stereocenters. The van der Waals surface area contributed by atoms with Crippen LogP contribution in [0.15, 0.2) is 24.3 Å². The topological polar surface area (TPSA) is 66.8 Å². The van der Waals surface area contributed by atoms with Gasteiger partial charge in [-0.3, -0.25) is 9.59 Å². The van der Waals surface area contributed by atoms with Gasteiger partial charge >= 0.3 is 5.97 Å². The first-order valence-corrected chi connectivity index (χ1v) is 6.11. The number of hydrogen-bond donors (Lipinski definition) is 1. The highest BCUT2D eigenvalue weighted by Gasteiger charge is 2.28. The second-order valence-corrected chi connectivity index (χ2v) is 5.29. The Hall–Kier alpha value is -2.11. The third kappa shape index (κ3) is 4.87. The van der Waals surface area contributed by atoms with Gasteiger partial charge < -0.3 is 14.7 Å². The third-order valence-corrected chi connectivity index (χ3v) is 2.56. The fourth-order valence-electron chi connectivity index (χ4n) is 1.61. The van der Waals surface area contributed by atoms with E-state index < -0.39 is 29.8 Å². The molecular formula is C14H18FNO4. The maximum Gasteiger partial charge on any atom is 0.323 e. The van der Waals surface area contributed by atoms with Crippen LogP contribution in [0.25, 0.3) is 0 Å². The van der Waals surface area contributed by atoms with Gasteiger partial charge in [0.05, 0.1) is 0 Å². The summed E-state index contributed by atoms with van der Waals surface area (Å²) < 4.78 is 18.1. The lowest BCUT2D eigenvalue weighted by Crippen LogP contribution is -2.50. The quantitative estimate of drug-likeness (QED) is 0.896. The first-order chi connectivity index (χ1) is 9.20. The number of hydrogen-bond acceptors (Lipinski definition) is 3. The molecule has 1 amide bonds. The Morgan fingerprint density at radius 3 is 2.50 bits per heavy atom. The number of ether oxygens (including phenoxy) is 1. The van der Waals surface area contributed by atoms with Gasteiger partial charge in [-0.15, -0.1) is 0 Å². The lowest BCUT2D eigenvalue weighted by atomic mass is 10.1. The van der Waals surface area contributed by atoms with Crippen LogP contribution in [0.4, 0.5) is 4.39 Å². The first kappa shape index (κ1) is 15.9. The van der Waals surface area contributed by atoms with E-state index in [0.717, 1.165) is 6.07 Å². The van der Waals surface area contributed by atoms with E-state index in [4.69, 9.17) is 9.84 Å². The van der Waals surface area contributed by atoms with Crippen LogP contribution in [0, 0.1) is 5.82 Å². The van der Waals surface area contributed by atoms with Crippen molar-refractivity contribution in [1.82, 2.24) is 4.90 Å². The summed E-state index contributed by atoms with van der Waals surface area (Å²) in [6, 6.07) is 5.41. The Kier molecular flexibility index (Phi) is 5.07. The van der Waals surface area contributed by atoms with Crippen LogP contribution >= 0.6 is 0 Å². The molecule has 1 aromatic carbocycles. The maximum absolute atomic E-state index is 13.0. The minimum absolute atomic E-state index is 0.225. The van der Waals surface area contributed by atoms with Gasteiger partial charge in [0.15, 0.2) is 6.61 Å². The Balaban J connectivity index is 2.69. The summed E-state index contributed by atoms with van der Waals surface area (Å²) in [6.45, 7) is 4.45. The van der Waals surface area contributed by atoms with Gasteiger partial charge in [0, 0.05) is 11.6 Å². The number of carboxylic acids is 1. The number of halogens is 1. The zero-order valence-electron chi connectivity index (χ0n) is 11.7.